The number of nitrogens with zero attached hydrogens (tertiary/aromatic N) is 1. The second-order valence-electron chi connectivity index (χ2n) is 13.1. The van der Waals surface area contributed by atoms with E-state index in [1.165, 1.54) is 76.4 Å². The van der Waals surface area contributed by atoms with E-state index in [4.69, 9.17) is 4.42 Å². The van der Waals surface area contributed by atoms with Crippen LogP contribution in [-0.2, 0) is 0 Å². The molecule has 1 saturated heterocycles. The Kier molecular flexibility index (Phi) is 6.00. The lowest BCUT2D eigenvalue weighted by molar-refractivity contribution is -0.168. The Hall–Kier alpha value is -1.13. The van der Waals surface area contributed by atoms with Gasteiger partial charge in [-0.25, -0.2) is 4.79 Å². The highest BCUT2D eigenvalue weighted by Gasteiger charge is 2.62. The Balaban J connectivity index is 1.18. The lowest BCUT2D eigenvalue weighted by Gasteiger charge is -2.62. The van der Waals surface area contributed by atoms with Gasteiger partial charge in [-0.15, -0.1) is 0 Å². The van der Waals surface area contributed by atoms with Gasteiger partial charge in [-0.1, -0.05) is 13.8 Å². The topological polar surface area (TPSA) is 53.7 Å². The van der Waals surface area contributed by atoms with Crippen molar-refractivity contribution in [2.45, 2.75) is 90.1 Å². The summed E-state index contributed by atoms with van der Waals surface area (Å²) in [7, 11) is 0. The first kappa shape index (κ1) is 23.3. The Morgan fingerprint density at radius 3 is 2.65 bits per heavy atom. The molecule has 6 rings (SSSR count). The maximum atomic E-state index is 11.7. The molecule has 187 valence electrons. The van der Waals surface area contributed by atoms with Gasteiger partial charge in [0.25, 0.3) is 0 Å². The van der Waals surface area contributed by atoms with Crippen LogP contribution in [0.15, 0.2) is 27.6 Å². The number of rotatable bonds is 4. The van der Waals surface area contributed by atoms with E-state index < -0.39 is 0 Å². The third kappa shape index (κ3) is 3.65. The largest absolute Gasteiger partial charge is 0.431 e. The van der Waals surface area contributed by atoms with E-state index in [9.17, 15) is 9.90 Å². The molecule has 34 heavy (non-hydrogen) atoms. The van der Waals surface area contributed by atoms with Crippen molar-refractivity contribution in [2.24, 2.45) is 40.4 Å². The molecule has 0 aromatic carbocycles. The zero-order chi connectivity index (χ0) is 23.5. The van der Waals surface area contributed by atoms with E-state index in [0.717, 1.165) is 24.8 Å². The first-order valence-electron chi connectivity index (χ1n) is 14.2. The molecule has 1 radical (unpaired) electrons. The molecule has 2 heterocycles. The quantitative estimate of drug-likeness (QED) is 0.623. The minimum absolute atomic E-state index is 0.0832. The van der Waals surface area contributed by atoms with E-state index >= 15 is 0 Å². The summed E-state index contributed by atoms with van der Waals surface area (Å²) in [6.45, 7) is 8.62. The highest BCUT2D eigenvalue weighted by atomic mass is 16.4. The molecule has 4 aliphatic carbocycles. The number of fused-ring (bicyclic) bond motifs is 5. The summed E-state index contributed by atoms with van der Waals surface area (Å²) in [4.78, 5) is 14.1. The molecule has 1 N–H and O–H groups in total. The van der Waals surface area contributed by atoms with Gasteiger partial charge in [-0.2, -0.15) is 0 Å². The van der Waals surface area contributed by atoms with Gasteiger partial charge in [-0.05, 0) is 142 Å². The summed E-state index contributed by atoms with van der Waals surface area (Å²) in [5.74, 6) is 3.87. The third-order valence-corrected chi connectivity index (χ3v) is 11.8. The summed E-state index contributed by atoms with van der Waals surface area (Å²) in [6.07, 6.45) is 16.7. The SMILES string of the molecule is CC12CCC3C(CCC4CC([CH]CN5CCCC5)CC(O)C43C)C1CCC2c1ccc(=O)oc1. The van der Waals surface area contributed by atoms with Gasteiger partial charge < -0.3 is 14.4 Å². The van der Waals surface area contributed by atoms with Crippen molar-refractivity contribution in [3.05, 3.63) is 40.8 Å². The van der Waals surface area contributed by atoms with Crippen LogP contribution in [0, 0.1) is 46.8 Å². The zero-order valence-corrected chi connectivity index (χ0v) is 21.3. The normalized spacial score (nSPS) is 46.6. The second-order valence-corrected chi connectivity index (χ2v) is 13.1. The number of aliphatic hydroxyl groups excluding tert-OH is 1. The molecule has 0 amide bonds. The van der Waals surface area contributed by atoms with E-state index in [1.54, 1.807) is 12.3 Å². The van der Waals surface area contributed by atoms with Gasteiger partial charge in [0.2, 0.25) is 0 Å². The molecule has 1 aliphatic heterocycles. The lowest BCUT2D eigenvalue weighted by Crippen LogP contribution is -2.58. The average molecular weight is 467 g/mol. The van der Waals surface area contributed by atoms with Crippen LogP contribution >= 0.6 is 0 Å². The van der Waals surface area contributed by atoms with E-state index in [0.29, 0.717) is 23.7 Å². The van der Waals surface area contributed by atoms with Gasteiger partial charge in [-0.3, -0.25) is 0 Å². The molecule has 9 unspecified atom stereocenters. The first-order chi connectivity index (χ1) is 16.4. The van der Waals surface area contributed by atoms with E-state index in [2.05, 4.69) is 25.2 Å². The molecule has 4 nitrogen and oxygen atoms in total. The molecule has 1 aromatic heterocycles. The minimum Gasteiger partial charge on any atom is -0.431 e. The van der Waals surface area contributed by atoms with E-state index in [-0.39, 0.29) is 22.6 Å². The molecular weight excluding hydrogens is 422 g/mol. The van der Waals surface area contributed by atoms with Gasteiger partial charge in [0.05, 0.1) is 12.4 Å². The molecule has 5 aliphatic rings. The number of likely N-dealkylation sites (tertiary alicyclic amines) is 1. The zero-order valence-electron chi connectivity index (χ0n) is 21.3. The summed E-state index contributed by atoms with van der Waals surface area (Å²) >= 11 is 0. The van der Waals surface area contributed by atoms with Crippen molar-refractivity contribution in [1.82, 2.24) is 4.90 Å². The molecule has 4 heteroatoms. The Morgan fingerprint density at radius 1 is 1.06 bits per heavy atom. The van der Waals surface area contributed by atoms with Crippen LogP contribution in [0.4, 0.5) is 0 Å². The molecular formula is C30H44NO3. The Morgan fingerprint density at radius 2 is 1.88 bits per heavy atom. The highest BCUT2D eigenvalue weighted by Crippen LogP contribution is 2.69. The predicted octanol–water partition coefficient (Wildman–Crippen LogP) is 5.65. The summed E-state index contributed by atoms with van der Waals surface area (Å²) in [5.41, 5.74) is 1.34. The summed E-state index contributed by atoms with van der Waals surface area (Å²) in [5, 5.41) is 11.7. The fraction of sp³-hybridized carbons (Fsp3) is 0.800. The average Bonchev–Trinajstić information content (AvgIpc) is 3.47. The van der Waals surface area contributed by atoms with Gasteiger partial charge in [0.15, 0.2) is 0 Å². The van der Waals surface area contributed by atoms with Gasteiger partial charge in [0.1, 0.15) is 0 Å². The van der Waals surface area contributed by atoms with Crippen molar-refractivity contribution in [3.63, 3.8) is 0 Å². The van der Waals surface area contributed by atoms with Crippen LogP contribution < -0.4 is 5.63 Å². The second kappa shape index (κ2) is 8.76. The number of hydrogen-bond donors (Lipinski definition) is 1. The number of hydrogen-bond acceptors (Lipinski definition) is 4. The molecule has 5 fully saturated rings. The van der Waals surface area contributed by atoms with Crippen LogP contribution in [0.2, 0.25) is 0 Å². The fourth-order valence-electron chi connectivity index (χ4n) is 9.93. The van der Waals surface area contributed by atoms with Crippen molar-refractivity contribution in [2.75, 3.05) is 19.6 Å². The van der Waals surface area contributed by atoms with Crippen LogP contribution in [0.5, 0.6) is 0 Å². The standard InChI is InChI=1S/C30H44NO3/c1-29-13-11-26-23(25(29)9-8-24(29)21-5-10-28(33)34-19-21)7-6-22-17-20(18-27(32)30(22,26)2)12-16-31-14-3-4-15-31/h5,10,12,19-20,22-27,32H,3-4,6-9,11,13-18H2,1-2H3. The third-order valence-electron chi connectivity index (χ3n) is 11.8. The van der Waals surface area contributed by atoms with Crippen molar-refractivity contribution in [1.29, 1.82) is 0 Å². The van der Waals surface area contributed by atoms with Crippen molar-refractivity contribution in [3.8, 4) is 0 Å². The summed E-state index contributed by atoms with van der Waals surface area (Å²) < 4.78 is 5.27. The Bertz CT molecular complexity index is 917. The first-order valence-corrected chi connectivity index (χ1v) is 14.2. The van der Waals surface area contributed by atoms with Crippen LogP contribution in [0.3, 0.4) is 0 Å². The smallest absolute Gasteiger partial charge is 0.335 e. The van der Waals surface area contributed by atoms with E-state index in [1.807, 2.05) is 6.07 Å². The Labute approximate surface area is 205 Å². The maximum absolute atomic E-state index is 11.7. The van der Waals surface area contributed by atoms with Gasteiger partial charge in [0, 0.05) is 12.6 Å². The fourth-order valence-corrected chi connectivity index (χ4v) is 9.93. The molecule has 4 saturated carbocycles. The van der Waals surface area contributed by atoms with Crippen molar-refractivity contribution < 1.29 is 9.52 Å². The summed E-state index contributed by atoms with van der Waals surface area (Å²) in [6, 6.07) is 3.61. The molecule has 0 bridgehead atoms. The minimum atomic E-state index is -0.249. The highest BCUT2D eigenvalue weighted by molar-refractivity contribution is 5.22. The molecule has 1 aromatic rings. The van der Waals surface area contributed by atoms with Gasteiger partial charge >= 0.3 is 5.63 Å². The molecule has 0 spiro atoms. The number of aliphatic hydroxyl groups is 1. The monoisotopic (exact) mass is 466 g/mol. The van der Waals surface area contributed by atoms with Crippen molar-refractivity contribution >= 4 is 0 Å². The predicted molar refractivity (Wildman–Crippen MR) is 134 cm³/mol. The lowest BCUT2D eigenvalue weighted by atomic mass is 9.43. The molecule has 9 atom stereocenters. The van der Waals surface area contributed by atoms with Crippen LogP contribution in [0.25, 0.3) is 0 Å². The van der Waals surface area contributed by atoms with Crippen LogP contribution in [-0.4, -0.2) is 35.7 Å². The maximum Gasteiger partial charge on any atom is 0.335 e. The van der Waals surface area contributed by atoms with Crippen LogP contribution in [0.1, 0.15) is 89.5 Å².